The monoisotopic (exact) mass is 229 g/mol. The number of ketones is 1. The summed E-state index contributed by atoms with van der Waals surface area (Å²) in [5.41, 5.74) is -0.404. The largest absolute Gasteiger partial charge is 0.510 e. The standard InChI is InChI=1S/C14H15NO2/c1-14(2,3)13(17)11(9-15)12(16)10-7-5-4-6-8-10/h4-8,17H,1-3H3/b13-11-. The third kappa shape index (κ3) is 2.94. The van der Waals surface area contributed by atoms with Crippen molar-refractivity contribution >= 4 is 5.78 Å². The van der Waals surface area contributed by atoms with Gasteiger partial charge < -0.3 is 5.11 Å². The number of nitriles is 1. The molecule has 0 amide bonds. The van der Waals surface area contributed by atoms with E-state index in [4.69, 9.17) is 5.26 Å². The second-order valence-corrected chi connectivity index (χ2v) is 4.78. The molecule has 17 heavy (non-hydrogen) atoms. The van der Waals surface area contributed by atoms with Crippen molar-refractivity contribution in [1.29, 1.82) is 5.26 Å². The van der Waals surface area contributed by atoms with Crippen molar-refractivity contribution in [2.75, 3.05) is 0 Å². The molecule has 1 aromatic rings. The summed E-state index contributed by atoms with van der Waals surface area (Å²) in [6.45, 7) is 5.24. The first-order valence-corrected chi connectivity index (χ1v) is 5.31. The third-order valence-corrected chi connectivity index (χ3v) is 2.32. The average Bonchev–Trinajstić information content (AvgIpc) is 2.29. The molecule has 3 heteroatoms. The van der Waals surface area contributed by atoms with E-state index in [9.17, 15) is 9.90 Å². The molecule has 0 heterocycles. The highest BCUT2D eigenvalue weighted by Crippen LogP contribution is 2.26. The van der Waals surface area contributed by atoms with Crippen molar-refractivity contribution in [3.63, 3.8) is 0 Å². The van der Waals surface area contributed by atoms with E-state index in [-0.39, 0.29) is 11.3 Å². The fraction of sp³-hybridized carbons (Fsp3) is 0.286. The minimum absolute atomic E-state index is 0.172. The van der Waals surface area contributed by atoms with Crippen molar-refractivity contribution in [3.8, 4) is 6.07 Å². The molecule has 1 N–H and O–H groups in total. The molecule has 0 radical (unpaired) electrons. The van der Waals surface area contributed by atoms with Crippen LogP contribution in [-0.4, -0.2) is 10.9 Å². The van der Waals surface area contributed by atoms with Crippen LogP contribution in [0.4, 0.5) is 0 Å². The molecule has 0 fully saturated rings. The number of Topliss-reactive ketones (excluding diaryl/α,β-unsaturated/α-hetero) is 1. The SMILES string of the molecule is CC(C)(C)/C(O)=C(\C#N)C(=O)c1ccccc1. The number of nitrogens with zero attached hydrogens (tertiary/aromatic N) is 1. The fourth-order valence-corrected chi connectivity index (χ4v) is 1.32. The van der Waals surface area contributed by atoms with Gasteiger partial charge in [-0.2, -0.15) is 5.26 Å². The van der Waals surface area contributed by atoms with Gasteiger partial charge in [-0.05, 0) is 0 Å². The Bertz CT molecular complexity index is 487. The first kappa shape index (κ1) is 13.0. The highest BCUT2D eigenvalue weighted by molar-refractivity contribution is 6.11. The summed E-state index contributed by atoms with van der Waals surface area (Å²) in [7, 11) is 0. The molecule has 0 spiro atoms. The predicted octanol–water partition coefficient (Wildman–Crippen LogP) is 3.25. The number of carbonyl (C=O) groups excluding carboxylic acids is 1. The van der Waals surface area contributed by atoms with Crippen LogP contribution in [0, 0.1) is 16.7 Å². The summed E-state index contributed by atoms with van der Waals surface area (Å²) in [4.78, 5) is 12.0. The molecule has 0 aromatic heterocycles. The van der Waals surface area contributed by atoms with Crippen LogP contribution in [0.15, 0.2) is 41.7 Å². The lowest BCUT2D eigenvalue weighted by molar-refractivity contribution is 0.102. The normalized spacial score (nSPS) is 12.6. The maximum absolute atomic E-state index is 12.0. The maximum atomic E-state index is 12.0. The second kappa shape index (κ2) is 4.84. The number of hydrogen-bond acceptors (Lipinski definition) is 3. The van der Waals surface area contributed by atoms with Gasteiger partial charge in [0.05, 0.1) is 0 Å². The van der Waals surface area contributed by atoms with Gasteiger partial charge >= 0.3 is 0 Å². The van der Waals surface area contributed by atoms with Crippen LogP contribution in [0.1, 0.15) is 31.1 Å². The molecule has 0 saturated heterocycles. The number of aliphatic hydroxyl groups excluding tert-OH is 1. The van der Waals surface area contributed by atoms with E-state index in [1.807, 2.05) is 0 Å². The topological polar surface area (TPSA) is 61.1 Å². The summed E-state index contributed by atoms with van der Waals surface area (Å²) in [5, 5.41) is 18.9. The molecule has 0 atom stereocenters. The van der Waals surface area contributed by atoms with Crippen LogP contribution in [-0.2, 0) is 0 Å². The first-order valence-electron chi connectivity index (χ1n) is 5.31. The van der Waals surface area contributed by atoms with Crippen molar-refractivity contribution in [1.82, 2.24) is 0 Å². The fourth-order valence-electron chi connectivity index (χ4n) is 1.32. The highest BCUT2D eigenvalue weighted by Gasteiger charge is 2.25. The van der Waals surface area contributed by atoms with Crippen molar-refractivity contribution in [3.05, 3.63) is 47.2 Å². The number of allylic oxidation sites excluding steroid dienone is 2. The smallest absolute Gasteiger partial charge is 0.206 e. The van der Waals surface area contributed by atoms with E-state index in [0.717, 1.165) is 0 Å². The van der Waals surface area contributed by atoms with E-state index < -0.39 is 11.2 Å². The van der Waals surface area contributed by atoms with Gasteiger partial charge in [0.2, 0.25) is 5.78 Å². The molecular formula is C14H15NO2. The molecule has 0 saturated carbocycles. The lowest BCUT2D eigenvalue weighted by atomic mass is 9.88. The second-order valence-electron chi connectivity index (χ2n) is 4.78. The van der Waals surface area contributed by atoms with Crippen molar-refractivity contribution in [2.45, 2.75) is 20.8 Å². The van der Waals surface area contributed by atoms with Gasteiger partial charge in [-0.3, -0.25) is 4.79 Å². The first-order chi connectivity index (χ1) is 7.88. The predicted molar refractivity (Wildman–Crippen MR) is 65.5 cm³/mol. The zero-order chi connectivity index (χ0) is 13.1. The van der Waals surface area contributed by atoms with Crippen LogP contribution in [0.2, 0.25) is 0 Å². The number of carbonyl (C=O) groups is 1. The molecule has 0 unspecified atom stereocenters. The minimum atomic E-state index is -0.616. The Labute approximate surface area is 101 Å². The zero-order valence-corrected chi connectivity index (χ0v) is 10.2. The summed E-state index contributed by atoms with van der Waals surface area (Å²) in [6.07, 6.45) is 0. The van der Waals surface area contributed by atoms with Gasteiger partial charge in [-0.25, -0.2) is 0 Å². The summed E-state index contributed by atoms with van der Waals surface area (Å²) < 4.78 is 0. The van der Waals surface area contributed by atoms with Crippen LogP contribution >= 0.6 is 0 Å². The Hall–Kier alpha value is -2.08. The van der Waals surface area contributed by atoms with Crippen LogP contribution in [0.5, 0.6) is 0 Å². The summed E-state index contributed by atoms with van der Waals surface area (Å²) >= 11 is 0. The molecule has 0 bridgehead atoms. The van der Waals surface area contributed by atoms with Gasteiger partial charge in [-0.15, -0.1) is 0 Å². The lowest BCUT2D eigenvalue weighted by Crippen LogP contribution is -2.15. The zero-order valence-electron chi connectivity index (χ0n) is 10.2. The lowest BCUT2D eigenvalue weighted by Gasteiger charge is -2.18. The Morgan fingerprint density at radius 3 is 2.18 bits per heavy atom. The van der Waals surface area contributed by atoms with Crippen LogP contribution in [0.25, 0.3) is 0 Å². The quantitative estimate of drug-likeness (QED) is 0.366. The number of rotatable bonds is 2. The Kier molecular flexibility index (Phi) is 3.69. The van der Waals surface area contributed by atoms with Gasteiger partial charge in [0, 0.05) is 11.0 Å². The molecule has 3 nitrogen and oxygen atoms in total. The van der Waals surface area contributed by atoms with Gasteiger partial charge in [0.25, 0.3) is 0 Å². The Balaban J connectivity index is 3.24. The molecule has 1 rings (SSSR count). The van der Waals surface area contributed by atoms with Crippen LogP contribution in [0.3, 0.4) is 0 Å². The van der Waals surface area contributed by atoms with Crippen molar-refractivity contribution < 1.29 is 9.90 Å². The number of hydrogen-bond donors (Lipinski definition) is 1. The Morgan fingerprint density at radius 2 is 1.76 bits per heavy atom. The van der Waals surface area contributed by atoms with E-state index in [0.29, 0.717) is 5.56 Å². The molecule has 0 aliphatic rings. The molecular weight excluding hydrogens is 214 g/mol. The summed E-state index contributed by atoms with van der Waals surface area (Å²) in [5.74, 6) is -0.616. The molecule has 0 aliphatic heterocycles. The highest BCUT2D eigenvalue weighted by atomic mass is 16.3. The average molecular weight is 229 g/mol. The third-order valence-electron chi connectivity index (χ3n) is 2.32. The number of aliphatic hydroxyl groups is 1. The van der Waals surface area contributed by atoms with E-state index in [1.54, 1.807) is 57.2 Å². The number of benzene rings is 1. The van der Waals surface area contributed by atoms with E-state index in [1.165, 1.54) is 0 Å². The molecule has 88 valence electrons. The van der Waals surface area contributed by atoms with Crippen LogP contribution < -0.4 is 0 Å². The summed E-state index contributed by atoms with van der Waals surface area (Å²) in [6, 6.07) is 10.3. The van der Waals surface area contributed by atoms with Gasteiger partial charge in [-0.1, -0.05) is 51.1 Å². The van der Waals surface area contributed by atoms with Gasteiger partial charge in [0.1, 0.15) is 17.4 Å². The Morgan fingerprint density at radius 1 is 1.24 bits per heavy atom. The molecule has 0 aliphatic carbocycles. The molecule has 1 aromatic carbocycles. The maximum Gasteiger partial charge on any atom is 0.206 e. The van der Waals surface area contributed by atoms with E-state index >= 15 is 0 Å². The van der Waals surface area contributed by atoms with Crippen molar-refractivity contribution in [2.24, 2.45) is 5.41 Å². The van der Waals surface area contributed by atoms with Gasteiger partial charge in [0.15, 0.2) is 0 Å². The van der Waals surface area contributed by atoms with E-state index in [2.05, 4.69) is 0 Å². The minimum Gasteiger partial charge on any atom is -0.510 e.